The van der Waals surface area contributed by atoms with E-state index in [1.165, 1.54) is 0 Å². The average Bonchev–Trinajstić information content (AvgIpc) is 1.67. The molecule has 4 nitrogen and oxygen atoms in total. The molecule has 4 heteroatoms. The van der Waals surface area contributed by atoms with Crippen LogP contribution in [0.4, 0.5) is 0 Å². The number of ether oxygens (including phenoxy) is 1. The predicted octanol–water partition coefficient (Wildman–Crippen LogP) is -0.965. The Labute approximate surface area is 46.6 Å². The Bertz CT molecular complexity index is 110. The first-order valence-electron chi connectivity index (χ1n) is 2.06. The minimum atomic E-state index is -0.882. The van der Waals surface area contributed by atoms with Crippen molar-refractivity contribution in [1.82, 2.24) is 0 Å². The van der Waals surface area contributed by atoms with Gasteiger partial charge in [-0.25, -0.2) is 4.79 Å². The molecule has 0 radical (unpaired) electrons. The van der Waals surface area contributed by atoms with Crippen LogP contribution in [-0.2, 0) is 14.3 Å². The molecule has 0 fully saturated rings. The number of nitrogens with two attached hydrogens (primary N) is 1. The molecule has 0 aromatic heterocycles. The van der Waals surface area contributed by atoms with E-state index in [1.54, 1.807) is 0 Å². The number of Topliss-reactive ketones (excluding diaryl/α,β-unsaturated/α-hetero) is 1. The predicted molar refractivity (Wildman–Crippen MR) is 25.8 cm³/mol. The zero-order chi connectivity index (χ0) is 6.57. The van der Waals surface area contributed by atoms with E-state index in [0.717, 1.165) is 6.92 Å². The van der Waals surface area contributed by atoms with Crippen LogP contribution in [0.3, 0.4) is 0 Å². The number of hydrogen-bond acceptors (Lipinski definition) is 4. The minimum absolute atomic E-state index is 0.238. The fraction of sp³-hybridized carbons (Fsp3) is 0.500. The van der Waals surface area contributed by atoms with Gasteiger partial charge in [0.15, 0.2) is 0 Å². The summed E-state index contributed by atoms with van der Waals surface area (Å²) in [5, 5.41) is 0. The summed E-state index contributed by atoms with van der Waals surface area (Å²) in [5.41, 5.74) is 4.77. The fourth-order valence-electron chi connectivity index (χ4n) is 0.177. The molecule has 0 heterocycles. The molecular formula is C4H7NO3. The van der Waals surface area contributed by atoms with Crippen LogP contribution in [0, 0.1) is 0 Å². The number of ketones is 1. The van der Waals surface area contributed by atoms with Gasteiger partial charge in [-0.1, -0.05) is 0 Å². The Balaban J connectivity index is 3.49. The normalized spacial score (nSPS) is 8.25. The number of carbonyl (C=O) groups excluding carboxylic acids is 2. The molecular weight excluding hydrogens is 110 g/mol. The summed E-state index contributed by atoms with van der Waals surface area (Å²) in [5.74, 6) is -1.51. The maximum atomic E-state index is 10.1. The van der Waals surface area contributed by atoms with Crippen molar-refractivity contribution in [3.63, 3.8) is 0 Å². The first-order valence-corrected chi connectivity index (χ1v) is 2.06. The molecule has 0 saturated carbocycles. The SMILES string of the molecule is CC(=O)C(=O)OCN. The summed E-state index contributed by atoms with van der Waals surface area (Å²) in [6, 6.07) is 0. The smallest absolute Gasteiger partial charge is 0.375 e. The van der Waals surface area contributed by atoms with Gasteiger partial charge >= 0.3 is 5.97 Å². The lowest BCUT2D eigenvalue weighted by atomic mass is 10.5. The maximum Gasteiger partial charge on any atom is 0.375 e. The van der Waals surface area contributed by atoms with Gasteiger partial charge in [0.25, 0.3) is 0 Å². The van der Waals surface area contributed by atoms with Crippen molar-refractivity contribution in [2.45, 2.75) is 6.92 Å². The lowest BCUT2D eigenvalue weighted by molar-refractivity contribution is -0.152. The Morgan fingerprint density at radius 3 is 2.25 bits per heavy atom. The first-order chi connectivity index (χ1) is 3.68. The van der Waals surface area contributed by atoms with Gasteiger partial charge in [0.05, 0.1) is 0 Å². The molecule has 46 valence electrons. The van der Waals surface area contributed by atoms with Crippen molar-refractivity contribution in [2.75, 3.05) is 6.73 Å². The van der Waals surface area contributed by atoms with Crippen LogP contribution in [0.2, 0.25) is 0 Å². The highest BCUT2D eigenvalue weighted by molar-refractivity contribution is 6.32. The molecule has 0 aliphatic rings. The number of rotatable bonds is 2. The molecule has 0 atom stereocenters. The molecule has 8 heavy (non-hydrogen) atoms. The van der Waals surface area contributed by atoms with Crippen LogP contribution >= 0.6 is 0 Å². The highest BCUT2D eigenvalue weighted by atomic mass is 16.5. The van der Waals surface area contributed by atoms with Crippen molar-refractivity contribution in [2.24, 2.45) is 5.73 Å². The average molecular weight is 117 g/mol. The second-order valence-electron chi connectivity index (χ2n) is 1.15. The van der Waals surface area contributed by atoms with Crippen LogP contribution in [0.15, 0.2) is 0 Å². The number of hydrogen-bond donors (Lipinski definition) is 1. The first kappa shape index (κ1) is 7.10. The van der Waals surface area contributed by atoms with Crippen molar-refractivity contribution in [3.05, 3.63) is 0 Å². The fourth-order valence-corrected chi connectivity index (χ4v) is 0.177. The second-order valence-corrected chi connectivity index (χ2v) is 1.15. The molecule has 0 rings (SSSR count). The van der Waals surface area contributed by atoms with Gasteiger partial charge in [-0.15, -0.1) is 0 Å². The summed E-state index contributed by atoms with van der Waals surface area (Å²) in [4.78, 5) is 20.1. The van der Waals surface area contributed by atoms with Gasteiger partial charge < -0.3 is 4.74 Å². The van der Waals surface area contributed by atoms with E-state index in [2.05, 4.69) is 4.74 Å². The Morgan fingerprint density at radius 1 is 1.62 bits per heavy atom. The van der Waals surface area contributed by atoms with E-state index >= 15 is 0 Å². The summed E-state index contributed by atoms with van der Waals surface area (Å²) in [6.45, 7) is 0.885. The highest BCUT2D eigenvalue weighted by Crippen LogP contribution is 1.74. The van der Waals surface area contributed by atoms with E-state index in [-0.39, 0.29) is 6.73 Å². The summed E-state index contributed by atoms with van der Waals surface area (Å²) in [7, 11) is 0. The molecule has 0 aromatic carbocycles. The lowest BCUT2D eigenvalue weighted by Crippen LogP contribution is -2.17. The monoisotopic (exact) mass is 117 g/mol. The third-order valence-corrected chi connectivity index (χ3v) is 0.502. The zero-order valence-corrected chi connectivity index (χ0v) is 4.51. The molecule has 0 aliphatic heterocycles. The Morgan fingerprint density at radius 2 is 2.12 bits per heavy atom. The van der Waals surface area contributed by atoms with Crippen LogP contribution < -0.4 is 5.73 Å². The van der Waals surface area contributed by atoms with Crippen LogP contribution in [-0.4, -0.2) is 18.5 Å². The van der Waals surface area contributed by atoms with E-state index in [0.29, 0.717) is 0 Å². The topological polar surface area (TPSA) is 69.4 Å². The van der Waals surface area contributed by atoms with E-state index < -0.39 is 11.8 Å². The van der Waals surface area contributed by atoms with E-state index in [9.17, 15) is 9.59 Å². The Hall–Kier alpha value is -0.900. The zero-order valence-electron chi connectivity index (χ0n) is 4.51. The van der Waals surface area contributed by atoms with Crippen LogP contribution in [0.25, 0.3) is 0 Å². The maximum absolute atomic E-state index is 10.1. The van der Waals surface area contributed by atoms with Crippen LogP contribution in [0.5, 0.6) is 0 Å². The van der Waals surface area contributed by atoms with E-state index in [4.69, 9.17) is 5.73 Å². The number of carbonyl (C=O) groups is 2. The minimum Gasteiger partial charge on any atom is -0.444 e. The van der Waals surface area contributed by atoms with Gasteiger partial charge in [0, 0.05) is 6.92 Å². The molecule has 0 bridgehead atoms. The molecule has 0 unspecified atom stereocenters. The third kappa shape index (κ3) is 2.30. The largest absolute Gasteiger partial charge is 0.444 e. The van der Waals surface area contributed by atoms with Gasteiger partial charge in [0.2, 0.25) is 5.78 Å². The van der Waals surface area contributed by atoms with Gasteiger partial charge in [-0.05, 0) is 0 Å². The van der Waals surface area contributed by atoms with Crippen molar-refractivity contribution >= 4 is 11.8 Å². The molecule has 2 N–H and O–H groups in total. The van der Waals surface area contributed by atoms with Crippen LogP contribution in [0.1, 0.15) is 6.92 Å². The van der Waals surface area contributed by atoms with Gasteiger partial charge in [0.1, 0.15) is 6.73 Å². The van der Waals surface area contributed by atoms with Gasteiger partial charge in [-0.3, -0.25) is 10.5 Å². The quantitative estimate of drug-likeness (QED) is 0.287. The van der Waals surface area contributed by atoms with E-state index in [1.807, 2.05) is 0 Å². The number of esters is 1. The highest BCUT2D eigenvalue weighted by Gasteiger charge is 2.05. The Kier molecular flexibility index (Phi) is 2.79. The van der Waals surface area contributed by atoms with Crippen molar-refractivity contribution < 1.29 is 14.3 Å². The molecule has 0 spiro atoms. The molecule has 0 aliphatic carbocycles. The van der Waals surface area contributed by atoms with Crippen molar-refractivity contribution in [1.29, 1.82) is 0 Å². The summed E-state index contributed by atoms with van der Waals surface area (Å²) in [6.07, 6.45) is 0. The summed E-state index contributed by atoms with van der Waals surface area (Å²) >= 11 is 0. The standard InChI is InChI=1S/C4H7NO3/c1-3(6)4(7)8-2-5/h2,5H2,1H3. The lowest BCUT2D eigenvalue weighted by Gasteiger charge is -1.93. The molecule has 0 aromatic rings. The summed E-state index contributed by atoms with van der Waals surface area (Å²) < 4.78 is 4.09. The van der Waals surface area contributed by atoms with Crippen molar-refractivity contribution in [3.8, 4) is 0 Å². The molecule has 0 saturated heterocycles. The van der Waals surface area contributed by atoms with Gasteiger partial charge in [-0.2, -0.15) is 0 Å². The third-order valence-electron chi connectivity index (χ3n) is 0.502. The second kappa shape index (κ2) is 3.15. The molecule has 0 amide bonds.